The Kier molecular flexibility index (Phi) is 6.17. The molecule has 0 radical (unpaired) electrons. The summed E-state index contributed by atoms with van der Waals surface area (Å²) in [6.45, 7) is 3.96. The van der Waals surface area contributed by atoms with Crippen molar-refractivity contribution in [3.8, 4) is 5.75 Å². The number of nitrogens with zero attached hydrogens (tertiary/aromatic N) is 2. The highest BCUT2D eigenvalue weighted by molar-refractivity contribution is 5.80. The molecule has 2 aliphatic rings. The van der Waals surface area contributed by atoms with E-state index in [9.17, 15) is 4.79 Å². The minimum atomic E-state index is -0.0505. The number of benzene rings is 3. The maximum Gasteiger partial charge on any atom is 0.234 e. The molecule has 1 amide bonds. The molecule has 170 valence electrons. The molecule has 3 aromatic rings. The number of ether oxygens (including phenoxy) is 1. The molecule has 0 spiro atoms. The average Bonchev–Trinajstić information content (AvgIpc) is 3.01. The van der Waals surface area contributed by atoms with Crippen LogP contribution in [0, 0.1) is 0 Å². The molecule has 2 heterocycles. The van der Waals surface area contributed by atoms with Crippen molar-refractivity contribution in [2.75, 3.05) is 50.1 Å². The number of hydrogen-bond donors (Lipinski definition) is 2. The van der Waals surface area contributed by atoms with E-state index < -0.39 is 0 Å². The molecule has 33 heavy (non-hydrogen) atoms. The summed E-state index contributed by atoms with van der Waals surface area (Å²) in [6, 6.07) is 24.7. The number of nitrogens with one attached hydrogen (secondary N) is 2. The Morgan fingerprint density at radius 3 is 2.39 bits per heavy atom. The highest BCUT2D eigenvalue weighted by Crippen LogP contribution is 2.35. The van der Waals surface area contributed by atoms with Crippen LogP contribution in [-0.4, -0.2) is 50.6 Å². The van der Waals surface area contributed by atoms with Gasteiger partial charge in [0.2, 0.25) is 5.91 Å². The topological polar surface area (TPSA) is 56.8 Å². The van der Waals surface area contributed by atoms with Crippen molar-refractivity contribution in [3.05, 3.63) is 83.9 Å². The molecule has 1 atom stereocenters. The van der Waals surface area contributed by atoms with Crippen LogP contribution in [0.4, 0.5) is 17.1 Å². The molecular formula is C27H30N4O2. The molecule has 2 N–H and O–H groups in total. The number of hydrogen-bond acceptors (Lipinski definition) is 5. The summed E-state index contributed by atoms with van der Waals surface area (Å²) in [4.78, 5) is 17.6. The highest BCUT2D eigenvalue weighted by atomic mass is 16.5. The standard InChI is InChI=1S/C27H30N4O2/c1-33-22-12-10-21(11-13-22)31-16-14-30(15-17-31)19-27(32)29-26-18-20-6-2-4-8-24(20)28-25-9-5-3-7-23(25)26/h2-13,26,28H,14-19H2,1H3,(H,29,32). The van der Waals surface area contributed by atoms with Gasteiger partial charge in [-0.15, -0.1) is 0 Å². The van der Waals surface area contributed by atoms with Crippen LogP contribution in [-0.2, 0) is 11.2 Å². The van der Waals surface area contributed by atoms with E-state index in [-0.39, 0.29) is 11.9 Å². The monoisotopic (exact) mass is 442 g/mol. The zero-order chi connectivity index (χ0) is 22.6. The fraction of sp³-hybridized carbons (Fsp3) is 0.296. The van der Waals surface area contributed by atoms with Crippen molar-refractivity contribution in [1.29, 1.82) is 0 Å². The van der Waals surface area contributed by atoms with Crippen molar-refractivity contribution in [2.24, 2.45) is 0 Å². The van der Waals surface area contributed by atoms with Gasteiger partial charge in [0.05, 0.1) is 19.7 Å². The van der Waals surface area contributed by atoms with E-state index in [1.54, 1.807) is 7.11 Å². The maximum absolute atomic E-state index is 13.0. The number of amides is 1. The summed E-state index contributed by atoms with van der Waals surface area (Å²) in [6.07, 6.45) is 0.775. The van der Waals surface area contributed by atoms with E-state index >= 15 is 0 Å². The van der Waals surface area contributed by atoms with Gasteiger partial charge in [-0.1, -0.05) is 36.4 Å². The third-order valence-electron chi connectivity index (χ3n) is 6.56. The van der Waals surface area contributed by atoms with Crippen LogP contribution in [0.1, 0.15) is 17.2 Å². The summed E-state index contributed by atoms with van der Waals surface area (Å²) >= 11 is 0. The zero-order valence-corrected chi connectivity index (χ0v) is 19.0. The number of anilines is 3. The second kappa shape index (κ2) is 9.55. The van der Waals surface area contributed by atoms with Crippen molar-refractivity contribution in [3.63, 3.8) is 0 Å². The summed E-state index contributed by atoms with van der Waals surface area (Å²) in [5.41, 5.74) is 5.71. The molecule has 5 rings (SSSR count). The number of para-hydroxylation sites is 2. The molecule has 0 aliphatic carbocycles. The molecule has 3 aromatic carbocycles. The van der Waals surface area contributed by atoms with Crippen LogP contribution in [0.3, 0.4) is 0 Å². The van der Waals surface area contributed by atoms with Crippen LogP contribution in [0.15, 0.2) is 72.8 Å². The van der Waals surface area contributed by atoms with E-state index in [2.05, 4.69) is 62.9 Å². The average molecular weight is 443 g/mol. The maximum atomic E-state index is 13.0. The predicted molar refractivity (Wildman–Crippen MR) is 132 cm³/mol. The quantitative estimate of drug-likeness (QED) is 0.626. The second-order valence-corrected chi connectivity index (χ2v) is 8.65. The number of carbonyl (C=O) groups is 1. The first-order valence-corrected chi connectivity index (χ1v) is 11.5. The normalized spacial score (nSPS) is 17.8. The van der Waals surface area contributed by atoms with E-state index in [1.807, 2.05) is 30.3 Å². The SMILES string of the molecule is COc1ccc(N2CCN(CC(=O)NC3Cc4ccccc4Nc4ccccc43)CC2)cc1. The first-order chi connectivity index (χ1) is 16.2. The highest BCUT2D eigenvalue weighted by Gasteiger charge is 2.25. The van der Waals surface area contributed by atoms with Crippen molar-refractivity contribution in [2.45, 2.75) is 12.5 Å². The van der Waals surface area contributed by atoms with Crippen molar-refractivity contribution >= 4 is 23.0 Å². The number of carbonyl (C=O) groups excluding carboxylic acids is 1. The van der Waals surface area contributed by atoms with Crippen molar-refractivity contribution in [1.82, 2.24) is 10.2 Å². The Morgan fingerprint density at radius 2 is 1.64 bits per heavy atom. The van der Waals surface area contributed by atoms with Gasteiger partial charge in [0.15, 0.2) is 0 Å². The van der Waals surface area contributed by atoms with Crippen molar-refractivity contribution < 1.29 is 9.53 Å². The predicted octanol–water partition coefficient (Wildman–Crippen LogP) is 3.97. The zero-order valence-electron chi connectivity index (χ0n) is 19.0. The molecule has 0 saturated carbocycles. The number of fused-ring (bicyclic) bond motifs is 2. The third-order valence-corrected chi connectivity index (χ3v) is 6.56. The lowest BCUT2D eigenvalue weighted by Crippen LogP contribution is -2.49. The minimum absolute atomic E-state index is 0.0505. The molecule has 6 nitrogen and oxygen atoms in total. The van der Waals surface area contributed by atoms with Gasteiger partial charge in [0, 0.05) is 43.2 Å². The fourth-order valence-corrected chi connectivity index (χ4v) is 4.74. The van der Waals surface area contributed by atoms with E-state index in [0.717, 1.165) is 55.3 Å². The number of methoxy groups -OCH3 is 1. The Hall–Kier alpha value is -3.51. The summed E-state index contributed by atoms with van der Waals surface area (Å²) in [7, 11) is 1.68. The molecule has 1 fully saturated rings. The van der Waals surface area contributed by atoms with Gasteiger partial charge < -0.3 is 20.3 Å². The molecule has 1 unspecified atom stereocenters. The van der Waals surface area contributed by atoms with Crippen LogP contribution in [0.2, 0.25) is 0 Å². The van der Waals surface area contributed by atoms with Crippen LogP contribution < -0.4 is 20.3 Å². The summed E-state index contributed by atoms with van der Waals surface area (Å²) < 4.78 is 5.25. The Labute approximate surface area is 195 Å². The lowest BCUT2D eigenvalue weighted by atomic mass is 9.99. The third kappa shape index (κ3) is 4.81. The van der Waals surface area contributed by atoms with Gasteiger partial charge in [-0.3, -0.25) is 9.69 Å². The first kappa shape index (κ1) is 21.3. The fourth-order valence-electron chi connectivity index (χ4n) is 4.74. The lowest BCUT2D eigenvalue weighted by molar-refractivity contribution is -0.123. The molecule has 6 heteroatoms. The Balaban J connectivity index is 1.20. The number of rotatable bonds is 5. The Morgan fingerprint density at radius 1 is 0.939 bits per heavy atom. The van der Waals surface area contributed by atoms with Crippen LogP contribution in [0.25, 0.3) is 0 Å². The minimum Gasteiger partial charge on any atom is -0.497 e. The smallest absolute Gasteiger partial charge is 0.234 e. The lowest BCUT2D eigenvalue weighted by Gasteiger charge is -2.36. The van der Waals surface area contributed by atoms with Crippen LogP contribution >= 0.6 is 0 Å². The van der Waals surface area contributed by atoms with Crippen LogP contribution in [0.5, 0.6) is 5.75 Å². The van der Waals surface area contributed by atoms with E-state index in [1.165, 1.54) is 11.3 Å². The molecule has 1 saturated heterocycles. The Bertz CT molecular complexity index is 1110. The van der Waals surface area contributed by atoms with E-state index in [4.69, 9.17) is 4.74 Å². The summed E-state index contributed by atoms with van der Waals surface area (Å²) in [5.74, 6) is 0.944. The van der Waals surface area contributed by atoms with Gasteiger partial charge in [0.25, 0.3) is 0 Å². The largest absolute Gasteiger partial charge is 0.497 e. The van der Waals surface area contributed by atoms with Gasteiger partial charge in [-0.05, 0) is 53.9 Å². The first-order valence-electron chi connectivity index (χ1n) is 11.5. The van der Waals surface area contributed by atoms with Gasteiger partial charge in [-0.25, -0.2) is 0 Å². The van der Waals surface area contributed by atoms with E-state index in [0.29, 0.717) is 6.54 Å². The molecule has 0 aromatic heterocycles. The van der Waals surface area contributed by atoms with Gasteiger partial charge in [-0.2, -0.15) is 0 Å². The second-order valence-electron chi connectivity index (χ2n) is 8.65. The molecule has 0 bridgehead atoms. The van der Waals surface area contributed by atoms with Gasteiger partial charge >= 0.3 is 0 Å². The molecule has 2 aliphatic heterocycles. The van der Waals surface area contributed by atoms with Gasteiger partial charge in [0.1, 0.15) is 5.75 Å². The summed E-state index contributed by atoms with van der Waals surface area (Å²) in [5, 5.41) is 6.85. The molecular weight excluding hydrogens is 412 g/mol. The number of piperazine rings is 1.